The molecule has 0 aliphatic carbocycles. The Kier molecular flexibility index (Phi) is 3.22. The molecule has 84 valence electrons. The summed E-state index contributed by atoms with van der Waals surface area (Å²) in [5, 5.41) is 12.2. The average Bonchev–Trinajstić information content (AvgIpc) is 2.31. The molecule has 0 atom stereocenters. The summed E-state index contributed by atoms with van der Waals surface area (Å²) in [5.41, 5.74) is 1.45. The normalized spacial score (nSPS) is 9.71. The van der Waals surface area contributed by atoms with Crippen LogP contribution in [0.3, 0.4) is 0 Å². The molecule has 1 N–H and O–H groups in total. The van der Waals surface area contributed by atoms with E-state index in [1.807, 2.05) is 6.07 Å². The zero-order valence-electron chi connectivity index (χ0n) is 8.61. The summed E-state index contributed by atoms with van der Waals surface area (Å²) in [5.74, 6) is -0.445. The molecular weight excluding hydrogens is 241 g/mol. The maximum absolute atomic E-state index is 12.9. The summed E-state index contributed by atoms with van der Waals surface area (Å²) >= 11 is 5.73. The van der Waals surface area contributed by atoms with E-state index in [2.05, 4.69) is 10.3 Å². The lowest BCUT2D eigenvalue weighted by Gasteiger charge is -2.08. The third-order valence-electron chi connectivity index (χ3n) is 2.11. The van der Waals surface area contributed by atoms with Gasteiger partial charge in [-0.25, -0.2) is 9.37 Å². The molecule has 0 saturated heterocycles. The van der Waals surface area contributed by atoms with Gasteiger partial charge in [-0.2, -0.15) is 5.26 Å². The highest BCUT2D eigenvalue weighted by Crippen LogP contribution is 2.22. The number of halogens is 2. The summed E-state index contributed by atoms with van der Waals surface area (Å²) in [6.07, 6.45) is 1.54. The fourth-order valence-corrected chi connectivity index (χ4v) is 1.53. The molecule has 1 aromatic carbocycles. The van der Waals surface area contributed by atoms with E-state index in [0.29, 0.717) is 16.5 Å². The molecule has 0 fully saturated rings. The lowest BCUT2D eigenvalue weighted by molar-refractivity contribution is 0.627. The predicted molar refractivity (Wildman–Crippen MR) is 63.6 cm³/mol. The van der Waals surface area contributed by atoms with Crippen molar-refractivity contribution in [2.75, 3.05) is 5.32 Å². The Bertz CT molecular complexity index is 593. The number of rotatable bonds is 2. The zero-order chi connectivity index (χ0) is 12.3. The standard InChI is InChI=1S/C12H7ClFN3/c13-12-6-10(3-4-16-12)17-11-2-1-9(14)5-8(11)7-15/h1-6H,(H,16,17). The number of nitrogens with one attached hydrogen (secondary N) is 1. The maximum atomic E-state index is 12.9. The minimum Gasteiger partial charge on any atom is -0.354 e. The molecule has 3 nitrogen and oxygen atoms in total. The van der Waals surface area contributed by atoms with Gasteiger partial charge in [-0.1, -0.05) is 11.6 Å². The highest BCUT2D eigenvalue weighted by atomic mass is 35.5. The van der Waals surface area contributed by atoms with Crippen LogP contribution in [0, 0.1) is 17.1 Å². The SMILES string of the molecule is N#Cc1cc(F)ccc1Nc1ccnc(Cl)c1. The van der Waals surface area contributed by atoms with Crippen LogP contribution in [0.15, 0.2) is 36.5 Å². The first kappa shape index (κ1) is 11.4. The number of hydrogen-bond acceptors (Lipinski definition) is 3. The molecule has 0 aliphatic rings. The largest absolute Gasteiger partial charge is 0.354 e. The van der Waals surface area contributed by atoms with Gasteiger partial charge in [-0.05, 0) is 30.3 Å². The summed E-state index contributed by atoms with van der Waals surface area (Å²) in [6, 6.07) is 9.20. The van der Waals surface area contributed by atoms with Gasteiger partial charge in [0.05, 0.1) is 11.3 Å². The summed E-state index contributed by atoms with van der Waals surface area (Å²) in [7, 11) is 0. The number of nitrogens with zero attached hydrogens (tertiary/aromatic N) is 2. The molecule has 1 aromatic heterocycles. The van der Waals surface area contributed by atoms with Gasteiger partial charge in [0.1, 0.15) is 17.0 Å². The van der Waals surface area contributed by atoms with Crippen LogP contribution >= 0.6 is 11.6 Å². The van der Waals surface area contributed by atoms with Crippen LogP contribution in [-0.2, 0) is 0 Å². The Hall–Kier alpha value is -2.12. The van der Waals surface area contributed by atoms with Gasteiger partial charge in [-0.3, -0.25) is 0 Å². The van der Waals surface area contributed by atoms with Gasteiger partial charge in [0, 0.05) is 11.9 Å². The van der Waals surface area contributed by atoms with Crippen molar-refractivity contribution >= 4 is 23.0 Å². The second kappa shape index (κ2) is 4.81. The minimum absolute atomic E-state index is 0.234. The molecule has 2 rings (SSSR count). The first-order chi connectivity index (χ1) is 8.19. The smallest absolute Gasteiger partial charge is 0.131 e. The van der Waals surface area contributed by atoms with Gasteiger partial charge in [0.25, 0.3) is 0 Å². The van der Waals surface area contributed by atoms with Gasteiger partial charge in [0.2, 0.25) is 0 Å². The lowest BCUT2D eigenvalue weighted by atomic mass is 10.2. The molecule has 0 unspecified atom stereocenters. The van der Waals surface area contributed by atoms with Crippen molar-refractivity contribution in [1.29, 1.82) is 5.26 Å². The first-order valence-corrected chi connectivity index (χ1v) is 5.15. The molecule has 0 bridgehead atoms. The average molecular weight is 248 g/mol. The lowest BCUT2D eigenvalue weighted by Crippen LogP contribution is -1.94. The molecule has 0 amide bonds. The highest BCUT2D eigenvalue weighted by Gasteiger charge is 2.04. The van der Waals surface area contributed by atoms with Gasteiger partial charge in [0.15, 0.2) is 0 Å². The molecule has 0 saturated carbocycles. The molecule has 2 aromatic rings. The van der Waals surface area contributed by atoms with Gasteiger partial charge >= 0.3 is 0 Å². The van der Waals surface area contributed by atoms with Crippen LogP contribution in [0.4, 0.5) is 15.8 Å². The van der Waals surface area contributed by atoms with E-state index in [0.717, 1.165) is 0 Å². The maximum Gasteiger partial charge on any atom is 0.131 e. The Morgan fingerprint density at radius 2 is 2.12 bits per heavy atom. The van der Waals surface area contributed by atoms with Crippen molar-refractivity contribution < 1.29 is 4.39 Å². The quantitative estimate of drug-likeness (QED) is 0.827. The molecular formula is C12H7ClFN3. The van der Waals surface area contributed by atoms with E-state index < -0.39 is 5.82 Å². The first-order valence-electron chi connectivity index (χ1n) is 4.77. The fraction of sp³-hybridized carbons (Fsp3) is 0. The van der Waals surface area contributed by atoms with Crippen molar-refractivity contribution in [2.45, 2.75) is 0 Å². The Morgan fingerprint density at radius 3 is 2.82 bits per heavy atom. The second-order valence-corrected chi connectivity index (χ2v) is 3.68. The van der Waals surface area contributed by atoms with E-state index in [4.69, 9.17) is 16.9 Å². The van der Waals surface area contributed by atoms with Crippen LogP contribution in [0.1, 0.15) is 5.56 Å². The molecule has 0 spiro atoms. The topological polar surface area (TPSA) is 48.7 Å². The van der Waals surface area contributed by atoms with Crippen molar-refractivity contribution in [2.24, 2.45) is 0 Å². The van der Waals surface area contributed by atoms with E-state index >= 15 is 0 Å². The van der Waals surface area contributed by atoms with Crippen molar-refractivity contribution in [3.8, 4) is 6.07 Å². The zero-order valence-corrected chi connectivity index (χ0v) is 9.37. The highest BCUT2D eigenvalue weighted by molar-refractivity contribution is 6.29. The molecule has 17 heavy (non-hydrogen) atoms. The Balaban J connectivity index is 2.34. The van der Waals surface area contributed by atoms with E-state index in [-0.39, 0.29) is 5.56 Å². The summed E-state index contributed by atoms with van der Waals surface area (Å²) < 4.78 is 12.9. The van der Waals surface area contributed by atoms with E-state index in [1.165, 1.54) is 18.2 Å². The van der Waals surface area contributed by atoms with Crippen LogP contribution in [0.5, 0.6) is 0 Å². The predicted octanol–water partition coefficient (Wildman–Crippen LogP) is 3.49. The van der Waals surface area contributed by atoms with E-state index in [1.54, 1.807) is 18.3 Å². The molecule has 0 aliphatic heterocycles. The Morgan fingerprint density at radius 1 is 1.29 bits per heavy atom. The molecule has 0 radical (unpaired) electrons. The Labute approximate surface area is 102 Å². The number of hydrogen-bond donors (Lipinski definition) is 1. The van der Waals surface area contributed by atoms with Crippen molar-refractivity contribution in [3.63, 3.8) is 0 Å². The molecule has 1 heterocycles. The van der Waals surface area contributed by atoms with Crippen LogP contribution in [0.25, 0.3) is 0 Å². The van der Waals surface area contributed by atoms with Crippen LogP contribution in [-0.4, -0.2) is 4.98 Å². The third kappa shape index (κ3) is 2.71. The summed E-state index contributed by atoms with van der Waals surface area (Å²) in [4.78, 5) is 3.84. The van der Waals surface area contributed by atoms with Crippen LogP contribution < -0.4 is 5.32 Å². The number of benzene rings is 1. The fourth-order valence-electron chi connectivity index (χ4n) is 1.35. The second-order valence-electron chi connectivity index (χ2n) is 3.29. The van der Waals surface area contributed by atoms with Crippen molar-refractivity contribution in [1.82, 2.24) is 4.98 Å². The van der Waals surface area contributed by atoms with Gasteiger partial charge in [-0.15, -0.1) is 0 Å². The molecule has 5 heteroatoms. The van der Waals surface area contributed by atoms with Crippen LogP contribution in [0.2, 0.25) is 5.15 Å². The summed E-state index contributed by atoms with van der Waals surface area (Å²) in [6.45, 7) is 0. The number of aromatic nitrogens is 1. The number of pyridine rings is 1. The third-order valence-corrected chi connectivity index (χ3v) is 2.31. The monoisotopic (exact) mass is 247 g/mol. The number of anilines is 2. The minimum atomic E-state index is -0.445. The van der Waals surface area contributed by atoms with E-state index in [9.17, 15) is 4.39 Å². The van der Waals surface area contributed by atoms with Gasteiger partial charge < -0.3 is 5.32 Å². The number of nitriles is 1. The van der Waals surface area contributed by atoms with Crippen molar-refractivity contribution in [3.05, 3.63) is 53.1 Å².